The molecule has 1 saturated carbocycles. The van der Waals surface area contributed by atoms with E-state index in [-0.39, 0.29) is 17.7 Å². The summed E-state index contributed by atoms with van der Waals surface area (Å²) in [4.78, 5) is 20.9. The lowest BCUT2D eigenvalue weighted by atomic mass is 9.86. The average molecular weight is 351 g/mol. The Morgan fingerprint density at radius 2 is 2.08 bits per heavy atom. The molecule has 1 heterocycles. The van der Waals surface area contributed by atoms with Crippen molar-refractivity contribution in [2.45, 2.75) is 31.8 Å². The first kappa shape index (κ1) is 17.8. The normalized spacial score (nSPS) is 19.4. The van der Waals surface area contributed by atoms with Gasteiger partial charge >= 0.3 is 0 Å². The van der Waals surface area contributed by atoms with Crippen molar-refractivity contribution in [3.05, 3.63) is 47.9 Å². The van der Waals surface area contributed by atoms with Gasteiger partial charge in [-0.2, -0.15) is 5.26 Å². The molecule has 134 valence electrons. The fourth-order valence-electron chi connectivity index (χ4n) is 3.14. The van der Waals surface area contributed by atoms with Gasteiger partial charge in [0, 0.05) is 30.5 Å². The fourth-order valence-corrected chi connectivity index (χ4v) is 3.14. The van der Waals surface area contributed by atoms with Crippen molar-refractivity contribution in [2.75, 3.05) is 17.2 Å². The second-order valence-corrected chi connectivity index (χ2v) is 6.39. The molecule has 1 fully saturated rings. The van der Waals surface area contributed by atoms with Crippen LogP contribution in [-0.4, -0.2) is 33.6 Å². The van der Waals surface area contributed by atoms with E-state index < -0.39 is 5.91 Å². The highest BCUT2D eigenvalue weighted by atomic mass is 16.3. The molecule has 2 atom stereocenters. The van der Waals surface area contributed by atoms with Crippen LogP contribution in [0.15, 0.2) is 36.7 Å². The molecule has 7 heteroatoms. The number of aliphatic hydroxyl groups is 1. The molecule has 0 saturated heterocycles. The van der Waals surface area contributed by atoms with Crippen LogP contribution < -0.4 is 10.6 Å². The van der Waals surface area contributed by atoms with Crippen LogP contribution in [0.3, 0.4) is 0 Å². The van der Waals surface area contributed by atoms with E-state index in [0.29, 0.717) is 23.6 Å². The lowest BCUT2D eigenvalue weighted by Gasteiger charge is -2.27. The van der Waals surface area contributed by atoms with Crippen LogP contribution in [0.4, 0.5) is 11.5 Å². The molecule has 0 spiro atoms. The molecular weight excluding hydrogens is 330 g/mol. The third kappa shape index (κ3) is 4.35. The van der Waals surface area contributed by atoms with Crippen molar-refractivity contribution in [1.29, 1.82) is 5.26 Å². The number of benzene rings is 1. The molecule has 1 unspecified atom stereocenters. The number of nitrogens with zero attached hydrogens (tertiary/aromatic N) is 3. The van der Waals surface area contributed by atoms with Crippen molar-refractivity contribution in [2.24, 2.45) is 5.92 Å². The molecule has 1 aliphatic rings. The third-order valence-corrected chi connectivity index (χ3v) is 4.56. The Morgan fingerprint density at radius 1 is 1.27 bits per heavy atom. The van der Waals surface area contributed by atoms with Gasteiger partial charge in [-0.15, -0.1) is 0 Å². The van der Waals surface area contributed by atoms with Gasteiger partial charge in [0.15, 0.2) is 11.5 Å². The number of rotatable bonds is 5. The molecule has 0 radical (unpaired) electrons. The van der Waals surface area contributed by atoms with Gasteiger partial charge < -0.3 is 15.7 Å². The van der Waals surface area contributed by atoms with E-state index in [1.807, 2.05) is 6.07 Å². The van der Waals surface area contributed by atoms with E-state index >= 15 is 0 Å². The Morgan fingerprint density at radius 3 is 2.88 bits per heavy atom. The summed E-state index contributed by atoms with van der Waals surface area (Å²) in [5.41, 5.74) is 1.17. The number of nitriles is 1. The third-order valence-electron chi connectivity index (χ3n) is 4.56. The Kier molecular flexibility index (Phi) is 5.77. The summed E-state index contributed by atoms with van der Waals surface area (Å²) >= 11 is 0. The zero-order chi connectivity index (χ0) is 18.4. The van der Waals surface area contributed by atoms with Gasteiger partial charge in [-0.1, -0.05) is 18.9 Å². The second-order valence-electron chi connectivity index (χ2n) is 6.39. The zero-order valence-electron chi connectivity index (χ0n) is 14.4. The SMILES string of the molecule is N#Cc1cccc(NC(=O)c2nccnc2NCC2CCCC[C@H]2O)c1. The molecule has 3 rings (SSSR count). The predicted molar refractivity (Wildman–Crippen MR) is 97.6 cm³/mol. The number of carbonyl (C=O) groups excluding carboxylic acids is 1. The summed E-state index contributed by atoms with van der Waals surface area (Å²) in [5.74, 6) is 0.132. The Bertz CT molecular complexity index is 818. The van der Waals surface area contributed by atoms with E-state index in [2.05, 4.69) is 20.6 Å². The highest BCUT2D eigenvalue weighted by molar-refractivity contribution is 6.05. The summed E-state index contributed by atoms with van der Waals surface area (Å²) in [6.45, 7) is 0.546. The highest BCUT2D eigenvalue weighted by Crippen LogP contribution is 2.25. The minimum Gasteiger partial charge on any atom is -0.393 e. The monoisotopic (exact) mass is 351 g/mol. The summed E-state index contributed by atoms with van der Waals surface area (Å²) in [5, 5.41) is 24.9. The lowest BCUT2D eigenvalue weighted by molar-refractivity contribution is 0.0763. The van der Waals surface area contributed by atoms with E-state index in [1.165, 1.54) is 12.4 Å². The van der Waals surface area contributed by atoms with Gasteiger partial charge in [-0.3, -0.25) is 4.79 Å². The van der Waals surface area contributed by atoms with Gasteiger partial charge in [0.1, 0.15) is 0 Å². The second kappa shape index (κ2) is 8.41. The maximum atomic E-state index is 12.6. The van der Waals surface area contributed by atoms with Crippen LogP contribution in [0, 0.1) is 17.2 Å². The number of hydrogen-bond donors (Lipinski definition) is 3. The minimum absolute atomic E-state index is 0.147. The van der Waals surface area contributed by atoms with Gasteiger partial charge in [-0.25, -0.2) is 9.97 Å². The predicted octanol–water partition coefficient (Wildman–Crippen LogP) is 2.56. The van der Waals surface area contributed by atoms with Crippen LogP contribution in [-0.2, 0) is 0 Å². The van der Waals surface area contributed by atoms with Crippen molar-refractivity contribution in [3.63, 3.8) is 0 Å². The Balaban J connectivity index is 1.69. The lowest BCUT2D eigenvalue weighted by Crippen LogP contribution is -2.31. The number of anilines is 2. The molecule has 0 bridgehead atoms. The van der Waals surface area contributed by atoms with Gasteiger partial charge in [0.2, 0.25) is 0 Å². The highest BCUT2D eigenvalue weighted by Gasteiger charge is 2.23. The fraction of sp³-hybridized carbons (Fsp3) is 0.368. The number of nitrogens with one attached hydrogen (secondary N) is 2. The van der Waals surface area contributed by atoms with Crippen LogP contribution >= 0.6 is 0 Å². The first-order chi connectivity index (χ1) is 12.7. The summed E-state index contributed by atoms with van der Waals surface area (Å²) < 4.78 is 0. The van der Waals surface area contributed by atoms with Gasteiger partial charge in [0.05, 0.1) is 17.7 Å². The molecule has 26 heavy (non-hydrogen) atoms. The van der Waals surface area contributed by atoms with Crippen LogP contribution in [0.1, 0.15) is 41.7 Å². The number of hydrogen-bond acceptors (Lipinski definition) is 6. The molecule has 0 aliphatic heterocycles. The van der Waals surface area contributed by atoms with E-state index in [0.717, 1.165) is 25.7 Å². The molecule has 7 nitrogen and oxygen atoms in total. The maximum Gasteiger partial charge on any atom is 0.278 e. The quantitative estimate of drug-likeness (QED) is 0.763. The van der Waals surface area contributed by atoms with Gasteiger partial charge in [-0.05, 0) is 31.0 Å². The zero-order valence-corrected chi connectivity index (χ0v) is 14.4. The minimum atomic E-state index is -0.403. The smallest absolute Gasteiger partial charge is 0.278 e. The Hall–Kier alpha value is -2.98. The van der Waals surface area contributed by atoms with Crippen molar-refractivity contribution in [1.82, 2.24) is 9.97 Å². The van der Waals surface area contributed by atoms with Gasteiger partial charge in [0.25, 0.3) is 5.91 Å². The first-order valence-electron chi connectivity index (χ1n) is 8.72. The number of amides is 1. The van der Waals surface area contributed by atoms with Crippen molar-refractivity contribution < 1.29 is 9.90 Å². The number of carbonyl (C=O) groups is 1. The molecule has 3 N–H and O–H groups in total. The van der Waals surface area contributed by atoms with Crippen LogP contribution in [0.2, 0.25) is 0 Å². The van der Waals surface area contributed by atoms with E-state index in [1.54, 1.807) is 24.3 Å². The maximum absolute atomic E-state index is 12.6. The average Bonchev–Trinajstić information content (AvgIpc) is 2.67. The molecular formula is C19H21N5O2. The van der Waals surface area contributed by atoms with E-state index in [9.17, 15) is 9.90 Å². The molecule has 2 aromatic rings. The topological polar surface area (TPSA) is 111 Å². The summed E-state index contributed by atoms with van der Waals surface area (Å²) in [6.07, 6.45) is 6.59. The van der Waals surface area contributed by atoms with Crippen molar-refractivity contribution >= 4 is 17.4 Å². The van der Waals surface area contributed by atoms with Crippen LogP contribution in [0.25, 0.3) is 0 Å². The summed E-state index contributed by atoms with van der Waals surface area (Å²) in [6, 6.07) is 8.71. The Labute approximate surface area is 152 Å². The van der Waals surface area contributed by atoms with E-state index in [4.69, 9.17) is 5.26 Å². The molecule has 1 aromatic carbocycles. The summed E-state index contributed by atoms with van der Waals surface area (Å²) in [7, 11) is 0. The standard InChI is InChI=1S/C19H21N5O2/c20-11-13-4-3-6-15(10-13)24-19(26)17-18(22-9-8-21-17)23-12-14-5-1-2-7-16(14)25/h3-4,6,8-10,14,16,25H,1-2,5,7,12H2,(H,22,23)(H,24,26)/t14?,16-/m1/s1. The molecule has 1 amide bonds. The number of aliphatic hydroxyl groups excluding tert-OH is 1. The first-order valence-corrected chi connectivity index (χ1v) is 8.72. The largest absolute Gasteiger partial charge is 0.393 e. The molecule has 1 aromatic heterocycles. The molecule has 1 aliphatic carbocycles. The van der Waals surface area contributed by atoms with Crippen LogP contribution in [0.5, 0.6) is 0 Å². The number of aromatic nitrogens is 2. The van der Waals surface area contributed by atoms with Crippen molar-refractivity contribution in [3.8, 4) is 6.07 Å².